The van der Waals surface area contributed by atoms with Crippen molar-refractivity contribution in [3.05, 3.63) is 34.3 Å². The van der Waals surface area contributed by atoms with Crippen LogP contribution in [-0.4, -0.2) is 20.9 Å². The van der Waals surface area contributed by atoms with Crippen LogP contribution < -0.4 is 0 Å². The van der Waals surface area contributed by atoms with Gasteiger partial charge in [0.2, 0.25) is 0 Å². The maximum Gasteiger partial charge on any atom is 0.357 e. The molecule has 0 saturated carbocycles. The molecule has 16 heavy (non-hydrogen) atoms. The Morgan fingerprint density at radius 2 is 2.38 bits per heavy atom. The third-order valence-corrected chi connectivity index (χ3v) is 2.20. The first-order valence-electron chi connectivity index (χ1n) is 4.38. The highest BCUT2D eigenvalue weighted by Gasteiger charge is 2.14. The summed E-state index contributed by atoms with van der Waals surface area (Å²) in [4.78, 5) is 13.6. The lowest BCUT2D eigenvalue weighted by Crippen LogP contribution is -1.99. The molecule has 0 atom stereocenters. The first-order valence-corrected chi connectivity index (χ1v) is 4.38. The van der Waals surface area contributed by atoms with Gasteiger partial charge in [0.05, 0.1) is 5.52 Å². The number of azide groups is 1. The van der Waals surface area contributed by atoms with Crippen LogP contribution in [0, 0.1) is 0 Å². The van der Waals surface area contributed by atoms with E-state index >= 15 is 0 Å². The monoisotopic (exact) mass is 217 g/mol. The number of carboxylic acid groups (broad SMARTS) is 1. The van der Waals surface area contributed by atoms with Crippen LogP contribution >= 0.6 is 0 Å². The quantitative estimate of drug-likeness (QED) is 0.473. The molecule has 2 aromatic rings. The van der Waals surface area contributed by atoms with Crippen LogP contribution in [0.3, 0.4) is 0 Å². The van der Waals surface area contributed by atoms with Crippen molar-refractivity contribution in [2.45, 2.75) is 0 Å². The molecule has 0 bridgehead atoms. The Bertz CT molecular complexity index is 624. The van der Waals surface area contributed by atoms with E-state index in [1.807, 2.05) is 0 Å². The molecule has 0 amide bonds. The Kier molecular flexibility index (Phi) is 2.23. The number of fused-ring (bicyclic) bond motifs is 1. The standard InChI is InChI=1S/C9H7N5O2/c1-14-7-3-2-5(11-13-10)4-6(7)8(12-14)9(15)16/h2-4H,1H3,(H,15,16). The number of benzene rings is 1. The van der Waals surface area contributed by atoms with Gasteiger partial charge in [0.25, 0.3) is 0 Å². The summed E-state index contributed by atoms with van der Waals surface area (Å²) in [5.74, 6) is -1.11. The molecule has 0 unspecified atom stereocenters. The zero-order chi connectivity index (χ0) is 11.7. The number of rotatable bonds is 2. The number of nitrogens with zero attached hydrogens (tertiary/aromatic N) is 5. The Labute approximate surface area is 89.5 Å². The zero-order valence-electron chi connectivity index (χ0n) is 8.32. The minimum Gasteiger partial charge on any atom is -0.476 e. The SMILES string of the molecule is Cn1nc(C(=O)O)c2cc(N=[N+]=[N-])ccc21. The van der Waals surface area contributed by atoms with Crippen molar-refractivity contribution < 1.29 is 9.90 Å². The van der Waals surface area contributed by atoms with E-state index in [0.717, 1.165) is 0 Å². The summed E-state index contributed by atoms with van der Waals surface area (Å²) in [6, 6.07) is 4.78. The first kappa shape index (κ1) is 10.0. The Morgan fingerprint density at radius 1 is 1.62 bits per heavy atom. The van der Waals surface area contributed by atoms with Crippen molar-refractivity contribution in [3.8, 4) is 0 Å². The number of aromatic carboxylic acids is 1. The molecule has 2 rings (SSSR count). The van der Waals surface area contributed by atoms with Gasteiger partial charge in [-0.25, -0.2) is 4.79 Å². The molecule has 1 aromatic carbocycles. The second kappa shape index (κ2) is 3.56. The van der Waals surface area contributed by atoms with Gasteiger partial charge in [-0.3, -0.25) is 4.68 Å². The van der Waals surface area contributed by atoms with E-state index in [-0.39, 0.29) is 5.69 Å². The fourth-order valence-corrected chi connectivity index (χ4v) is 1.53. The molecule has 0 saturated heterocycles. The van der Waals surface area contributed by atoms with Crippen molar-refractivity contribution >= 4 is 22.6 Å². The van der Waals surface area contributed by atoms with Crippen LogP contribution in [0.25, 0.3) is 21.3 Å². The molecule has 80 valence electrons. The highest BCUT2D eigenvalue weighted by Crippen LogP contribution is 2.23. The highest BCUT2D eigenvalue weighted by atomic mass is 16.4. The Morgan fingerprint density at radius 3 is 3.00 bits per heavy atom. The van der Waals surface area contributed by atoms with Gasteiger partial charge >= 0.3 is 5.97 Å². The number of carbonyl (C=O) groups is 1. The van der Waals surface area contributed by atoms with E-state index in [1.165, 1.54) is 10.7 Å². The van der Waals surface area contributed by atoms with Gasteiger partial charge in [0.15, 0.2) is 5.69 Å². The topological polar surface area (TPSA) is 104 Å². The summed E-state index contributed by atoms with van der Waals surface area (Å²) in [5, 5.41) is 16.7. The first-order chi connectivity index (χ1) is 7.63. The van der Waals surface area contributed by atoms with Crippen LogP contribution in [-0.2, 0) is 7.05 Å². The second-order valence-corrected chi connectivity index (χ2v) is 3.17. The van der Waals surface area contributed by atoms with Gasteiger partial charge < -0.3 is 5.11 Å². The van der Waals surface area contributed by atoms with Crippen LogP contribution in [0.4, 0.5) is 5.69 Å². The van der Waals surface area contributed by atoms with Crippen molar-refractivity contribution in [2.24, 2.45) is 12.2 Å². The summed E-state index contributed by atoms with van der Waals surface area (Å²) < 4.78 is 1.47. The smallest absolute Gasteiger partial charge is 0.357 e. The summed E-state index contributed by atoms with van der Waals surface area (Å²) in [6.45, 7) is 0. The molecule has 0 radical (unpaired) electrons. The molecule has 1 N–H and O–H groups in total. The lowest BCUT2D eigenvalue weighted by Gasteiger charge is -1.94. The lowest BCUT2D eigenvalue weighted by molar-refractivity contribution is 0.0691. The second-order valence-electron chi connectivity index (χ2n) is 3.17. The van der Waals surface area contributed by atoms with Crippen LogP contribution in [0.2, 0.25) is 0 Å². The van der Waals surface area contributed by atoms with Crippen LogP contribution in [0.15, 0.2) is 23.3 Å². The van der Waals surface area contributed by atoms with Crippen molar-refractivity contribution in [1.82, 2.24) is 9.78 Å². The molecule has 7 nitrogen and oxygen atoms in total. The van der Waals surface area contributed by atoms with Gasteiger partial charge in [-0.1, -0.05) is 11.2 Å². The molecule has 0 aliphatic carbocycles. The molecule has 7 heteroatoms. The average Bonchev–Trinajstić information content (AvgIpc) is 2.57. The molecule has 0 aliphatic heterocycles. The fourth-order valence-electron chi connectivity index (χ4n) is 1.53. The predicted octanol–water partition coefficient (Wildman–Crippen LogP) is 2.21. The van der Waals surface area contributed by atoms with Crippen molar-refractivity contribution in [3.63, 3.8) is 0 Å². The van der Waals surface area contributed by atoms with E-state index in [9.17, 15) is 4.79 Å². The summed E-state index contributed by atoms with van der Waals surface area (Å²) in [5.41, 5.74) is 9.29. The highest BCUT2D eigenvalue weighted by molar-refractivity contribution is 6.02. The van der Waals surface area contributed by atoms with E-state index < -0.39 is 5.97 Å². The maximum absolute atomic E-state index is 10.9. The average molecular weight is 217 g/mol. The lowest BCUT2D eigenvalue weighted by atomic mass is 10.2. The minimum atomic E-state index is -1.11. The van der Waals surface area contributed by atoms with Gasteiger partial charge in [-0.2, -0.15) is 5.10 Å². The molecular formula is C9H7N5O2. The fraction of sp³-hybridized carbons (Fsp3) is 0.111. The molecule has 1 heterocycles. The van der Waals surface area contributed by atoms with E-state index in [0.29, 0.717) is 16.6 Å². The van der Waals surface area contributed by atoms with E-state index in [1.54, 1.807) is 19.2 Å². The number of aryl methyl sites for hydroxylation is 1. The zero-order valence-corrected chi connectivity index (χ0v) is 8.32. The van der Waals surface area contributed by atoms with Gasteiger partial charge in [0, 0.05) is 23.0 Å². The number of carboxylic acids is 1. The third-order valence-electron chi connectivity index (χ3n) is 2.20. The predicted molar refractivity (Wildman–Crippen MR) is 56.5 cm³/mol. The van der Waals surface area contributed by atoms with Crippen molar-refractivity contribution in [1.29, 1.82) is 0 Å². The number of aromatic nitrogens is 2. The third kappa shape index (κ3) is 1.45. The Hall–Kier alpha value is -2.53. The molecular weight excluding hydrogens is 210 g/mol. The minimum absolute atomic E-state index is 0.0486. The Balaban J connectivity index is 2.79. The van der Waals surface area contributed by atoms with Crippen LogP contribution in [0.1, 0.15) is 10.5 Å². The van der Waals surface area contributed by atoms with E-state index in [4.69, 9.17) is 10.6 Å². The maximum atomic E-state index is 10.9. The molecule has 1 aromatic heterocycles. The summed E-state index contributed by atoms with van der Waals surface area (Å²) >= 11 is 0. The molecule has 0 fully saturated rings. The summed E-state index contributed by atoms with van der Waals surface area (Å²) in [6.07, 6.45) is 0. The van der Waals surface area contributed by atoms with E-state index in [2.05, 4.69) is 15.1 Å². The van der Waals surface area contributed by atoms with Gasteiger partial charge in [0.1, 0.15) is 0 Å². The number of hydrogen-bond donors (Lipinski definition) is 1. The summed E-state index contributed by atoms with van der Waals surface area (Å²) in [7, 11) is 1.65. The number of hydrogen-bond acceptors (Lipinski definition) is 3. The van der Waals surface area contributed by atoms with Gasteiger partial charge in [-0.15, -0.1) is 0 Å². The molecule has 0 aliphatic rings. The normalized spacial score (nSPS) is 10.1. The van der Waals surface area contributed by atoms with Crippen molar-refractivity contribution in [2.75, 3.05) is 0 Å². The molecule has 0 spiro atoms. The largest absolute Gasteiger partial charge is 0.476 e. The van der Waals surface area contributed by atoms with Crippen LogP contribution in [0.5, 0.6) is 0 Å². The van der Waals surface area contributed by atoms with Gasteiger partial charge in [-0.05, 0) is 17.7 Å².